The molecular formula is C15H31N. The predicted octanol–water partition coefficient (Wildman–Crippen LogP) is 4.23. The SMILES string of the molecule is CCNC(CC1CCCCC1)C(C)C(C)C. The summed E-state index contributed by atoms with van der Waals surface area (Å²) in [6.45, 7) is 10.5. The molecule has 96 valence electrons. The Morgan fingerprint density at radius 2 is 1.69 bits per heavy atom. The first-order valence-corrected chi connectivity index (χ1v) is 7.38. The smallest absolute Gasteiger partial charge is 0.00976 e. The summed E-state index contributed by atoms with van der Waals surface area (Å²) in [6.07, 6.45) is 8.79. The average Bonchev–Trinajstić information content (AvgIpc) is 2.29. The first-order valence-electron chi connectivity index (χ1n) is 7.38. The van der Waals surface area contributed by atoms with E-state index in [2.05, 4.69) is 33.0 Å². The maximum Gasteiger partial charge on any atom is 0.00976 e. The molecule has 0 saturated heterocycles. The van der Waals surface area contributed by atoms with Crippen molar-refractivity contribution in [2.45, 2.75) is 72.3 Å². The normalized spacial score (nSPS) is 22.3. The first-order chi connectivity index (χ1) is 7.65. The van der Waals surface area contributed by atoms with Crippen molar-refractivity contribution in [1.29, 1.82) is 0 Å². The van der Waals surface area contributed by atoms with E-state index in [0.29, 0.717) is 0 Å². The third kappa shape index (κ3) is 4.45. The van der Waals surface area contributed by atoms with Crippen LogP contribution >= 0.6 is 0 Å². The molecule has 1 saturated carbocycles. The van der Waals surface area contributed by atoms with Crippen LogP contribution in [0.15, 0.2) is 0 Å². The monoisotopic (exact) mass is 225 g/mol. The Morgan fingerprint density at radius 3 is 2.19 bits per heavy atom. The van der Waals surface area contributed by atoms with Crippen LogP contribution < -0.4 is 5.32 Å². The van der Waals surface area contributed by atoms with Gasteiger partial charge in [-0.2, -0.15) is 0 Å². The lowest BCUT2D eigenvalue weighted by molar-refractivity contribution is 0.228. The minimum absolute atomic E-state index is 0.744. The largest absolute Gasteiger partial charge is 0.314 e. The van der Waals surface area contributed by atoms with E-state index in [9.17, 15) is 0 Å². The topological polar surface area (TPSA) is 12.0 Å². The summed E-state index contributed by atoms with van der Waals surface area (Å²) >= 11 is 0. The molecule has 2 unspecified atom stereocenters. The maximum absolute atomic E-state index is 3.71. The van der Waals surface area contributed by atoms with E-state index in [4.69, 9.17) is 0 Å². The van der Waals surface area contributed by atoms with Crippen LogP contribution in [0.5, 0.6) is 0 Å². The summed E-state index contributed by atoms with van der Waals surface area (Å²) in [5.41, 5.74) is 0. The average molecular weight is 225 g/mol. The van der Waals surface area contributed by atoms with Gasteiger partial charge in [0.25, 0.3) is 0 Å². The lowest BCUT2D eigenvalue weighted by Gasteiger charge is -2.32. The third-order valence-electron chi connectivity index (χ3n) is 4.46. The summed E-state index contributed by atoms with van der Waals surface area (Å²) in [5, 5.41) is 3.71. The molecule has 0 amide bonds. The van der Waals surface area contributed by atoms with E-state index in [0.717, 1.165) is 30.3 Å². The van der Waals surface area contributed by atoms with Crippen LogP contribution in [0.1, 0.15) is 66.2 Å². The second-order valence-corrected chi connectivity index (χ2v) is 6.01. The van der Waals surface area contributed by atoms with Gasteiger partial charge in [-0.15, -0.1) is 0 Å². The molecule has 1 heteroatoms. The van der Waals surface area contributed by atoms with Gasteiger partial charge >= 0.3 is 0 Å². The second kappa shape index (κ2) is 7.32. The van der Waals surface area contributed by atoms with Crippen LogP contribution in [0.3, 0.4) is 0 Å². The molecule has 0 heterocycles. The van der Waals surface area contributed by atoms with Gasteiger partial charge in [-0.25, -0.2) is 0 Å². The number of hydrogen-bond donors (Lipinski definition) is 1. The molecule has 0 spiro atoms. The minimum Gasteiger partial charge on any atom is -0.314 e. The molecule has 0 aromatic rings. The van der Waals surface area contributed by atoms with E-state index >= 15 is 0 Å². The lowest BCUT2D eigenvalue weighted by atomic mass is 9.79. The molecule has 1 rings (SSSR count). The van der Waals surface area contributed by atoms with Gasteiger partial charge in [0.1, 0.15) is 0 Å². The molecule has 1 N–H and O–H groups in total. The van der Waals surface area contributed by atoms with Crippen LogP contribution in [-0.4, -0.2) is 12.6 Å². The van der Waals surface area contributed by atoms with Crippen LogP contribution in [0.25, 0.3) is 0 Å². The van der Waals surface area contributed by atoms with Gasteiger partial charge in [0, 0.05) is 6.04 Å². The zero-order valence-electron chi connectivity index (χ0n) is 11.8. The van der Waals surface area contributed by atoms with E-state index in [1.54, 1.807) is 0 Å². The molecule has 0 bridgehead atoms. The highest BCUT2D eigenvalue weighted by Gasteiger charge is 2.24. The van der Waals surface area contributed by atoms with Gasteiger partial charge in [-0.3, -0.25) is 0 Å². The third-order valence-corrected chi connectivity index (χ3v) is 4.46. The number of hydrogen-bond acceptors (Lipinski definition) is 1. The van der Waals surface area contributed by atoms with E-state index in [-0.39, 0.29) is 0 Å². The van der Waals surface area contributed by atoms with Crippen molar-refractivity contribution in [2.24, 2.45) is 17.8 Å². The quantitative estimate of drug-likeness (QED) is 0.713. The van der Waals surface area contributed by atoms with Crippen molar-refractivity contribution in [3.05, 3.63) is 0 Å². The highest BCUT2D eigenvalue weighted by molar-refractivity contribution is 4.79. The zero-order chi connectivity index (χ0) is 12.0. The van der Waals surface area contributed by atoms with Crippen molar-refractivity contribution >= 4 is 0 Å². The Balaban J connectivity index is 2.42. The standard InChI is InChI=1S/C15H31N/c1-5-16-15(13(4)12(2)3)11-14-9-7-6-8-10-14/h12-16H,5-11H2,1-4H3. The lowest BCUT2D eigenvalue weighted by Crippen LogP contribution is -2.39. The number of nitrogens with one attached hydrogen (secondary N) is 1. The summed E-state index contributed by atoms with van der Waals surface area (Å²) < 4.78 is 0. The predicted molar refractivity (Wildman–Crippen MR) is 72.7 cm³/mol. The second-order valence-electron chi connectivity index (χ2n) is 6.01. The molecule has 0 aromatic carbocycles. The molecule has 1 aliphatic carbocycles. The fraction of sp³-hybridized carbons (Fsp3) is 1.00. The maximum atomic E-state index is 3.71. The first kappa shape index (κ1) is 14.0. The Labute approximate surface area is 102 Å². The molecule has 2 atom stereocenters. The molecule has 1 aliphatic rings. The van der Waals surface area contributed by atoms with Gasteiger partial charge in [-0.05, 0) is 30.7 Å². The Bertz CT molecular complexity index is 170. The van der Waals surface area contributed by atoms with Crippen LogP contribution in [-0.2, 0) is 0 Å². The molecule has 0 aromatic heterocycles. The van der Waals surface area contributed by atoms with Gasteiger partial charge in [0.2, 0.25) is 0 Å². The molecular weight excluding hydrogens is 194 g/mol. The van der Waals surface area contributed by atoms with Crippen molar-refractivity contribution < 1.29 is 0 Å². The highest BCUT2D eigenvalue weighted by Crippen LogP contribution is 2.30. The van der Waals surface area contributed by atoms with Crippen LogP contribution in [0.2, 0.25) is 0 Å². The van der Waals surface area contributed by atoms with Crippen molar-refractivity contribution in [1.82, 2.24) is 5.32 Å². The molecule has 16 heavy (non-hydrogen) atoms. The molecule has 1 fully saturated rings. The van der Waals surface area contributed by atoms with Gasteiger partial charge in [0.15, 0.2) is 0 Å². The Morgan fingerprint density at radius 1 is 1.06 bits per heavy atom. The van der Waals surface area contributed by atoms with Gasteiger partial charge in [0.05, 0.1) is 0 Å². The van der Waals surface area contributed by atoms with Gasteiger partial charge in [-0.1, -0.05) is 59.8 Å². The summed E-state index contributed by atoms with van der Waals surface area (Å²) in [4.78, 5) is 0. The summed E-state index contributed by atoms with van der Waals surface area (Å²) in [5.74, 6) is 2.61. The minimum atomic E-state index is 0.744. The van der Waals surface area contributed by atoms with Crippen molar-refractivity contribution in [3.8, 4) is 0 Å². The van der Waals surface area contributed by atoms with E-state index < -0.39 is 0 Å². The van der Waals surface area contributed by atoms with Gasteiger partial charge < -0.3 is 5.32 Å². The van der Waals surface area contributed by atoms with E-state index in [1.165, 1.54) is 38.5 Å². The van der Waals surface area contributed by atoms with Crippen molar-refractivity contribution in [3.63, 3.8) is 0 Å². The van der Waals surface area contributed by atoms with Crippen LogP contribution in [0.4, 0.5) is 0 Å². The zero-order valence-corrected chi connectivity index (χ0v) is 11.8. The fourth-order valence-corrected chi connectivity index (χ4v) is 2.99. The summed E-state index contributed by atoms with van der Waals surface area (Å²) in [7, 11) is 0. The molecule has 0 radical (unpaired) electrons. The fourth-order valence-electron chi connectivity index (χ4n) is 2.99. The summed E-state index contributed by atoms with van der Waals surface area (Å²) in [6, 6.07) is 0.744. The molecule has 0 aliphatic heterocycles. The Kier molecular flexibility index (Phi) is 6.41. The van der Waals surface area contributed by atoms with Crippen LogP contribution in [0, 0.1) is 17.8 Å². The molecule has 1 nitrogen and oxygen atoms in total. The highest BCUT2D eigenvalue weighted by atomic mass is 14.9. The Hall–Kier alpha value is -0.0400. The van der Waals surface area contributed by atoms with E-state index in [1.807, 2.05) is 0 Å². The van der Waals surface area contributed by atoms with Crippen molar-refractivity contribution in [2.75, 3.05) is 6.54 Å². The number of rotatable bonds is 6.